The van der Waals surface area contributed by atoms with Gasteiger partial charge < -0.3 is 14.2 Å². The van der Waals surface area contributed by atoms with E-state index in [9.17, 15) is 4.79 Å². The Kier molecular flexibility index (Phi) is 7.71. The molecule has 1 rings (SSSR count). The summed E-state index contributed by atoms with van der Waals surface area (Å²) in [6.07, 6.45) is 4.85. The van der Waals surface area contributed by atoms with E-state index in [1.165, 1.54) is 20.3 Å². The first-order valence-corrected chi connectivity index (χ1v) is 7.96. The van der Waals surface area contributed by atoms with E-state index in [1.807, 2.05) is 31.4 Å². The van der Waals surface area contributed by atoms with Crippen molar-refractivity contribution in [2.24, 2.45) is 5.92 Å². The third kappa shape index (κ3) is 5.65. The highest BCUT2D eigenvalue weighted by Gasteiger charge is 2.20. The number of nitrogens with zero attached hydrogens (tertiary/aromatic N) is 1. The van der Waals surface area contributed by atoms with E-state index in [0.29, 0.717) is 5.76 Å². The SMILES string of the molecule is C=C(C)c1nc(/C=C/[C@H](OC)[C@@H](C)/C(=C\C(=O)OC)OC)cs1. The van der Waals surface area contributed by atoms with Crippen LogP contribution in [0.3, 0.4) is 0 Å². The van der Waals surface area contributed by atoms with Crippen molar-refractivity contribution in [2.45, 2.75) is 20.0 Å². The highest BCUT2D eigenvalue weighted by Crippen LogP contribution is 2.22. The normalized spacial score (nSPS) is 14.6. The topological polar surface area (TPSA) is 57.7 Å². The van der Waals surface area contributed by atoms with Crippen molar-refractivity contribution in [1.29, 1.82) is 0 Å². The lowest BCUT2D eigenvalue weighted by molar-refractivity contribution is -0.135. The Hall–Kier alpha value is -1.92. The molecule has 0 fully saturated rings. The molecule has 0 bridgehead atoms. The molecule has 2 atom stereocenters. The van der Waals surface area contributed by atoms with Gasteiger partial charge in [0.15, 0.2) is 0 Å². The zero-order chi connectivity index (χ0) is 17.4. The van der Waals surface area contributed by atoms with E-state index >= 15 is 0 Å². The Balaban J connectivity index is 2.89. The molecule has 0 amide bonds. The van der Waals surface area contributed by atoms with Gasteiger partial charge in [-0.15, -0.1) is 11.3 Å². The molecule has 1 aromatic rings. The van der Waals surface area contributed by atoms with E-state index in [-0.39, 0.29) is 12.0 Å². The molecule has 5 nitrogen and oxygen atoms in total. The fourth-order valence-electron chi connectivity index (χ4n) is 1.91. The molecule has 1 heterocycles. The van der Waals surface area contributed by atoms with E-state index in [0.717, 1.165) is 16.3 Å². The van der Waals surface area contributed by atoms with Crippen molar-refractivity contribution in [1.82, 2.24) is 4.98 Å². The average molecular weight is 337 g/mol. The smallest absolute Gasteiger partial charge is 0.333 e. The quantitative estimate of drug-likeness (QED) is 0.412. The summed E-state index contributed by atoms with van der Waals surface area (Å²) >= 11 is 1.55. The Bertz CT molecular complexity index is 603. The minimum atomic E-state index is -0.460. The minimum absolute atomic E-state index is 0.153. The number of carbonyl (C=O) groups is 1. The maximum absolute atomic E-state index is 11.4. The number of ether oxygens (including phenoxy) is 3. The zero-order valence-corrected chi connectivity index (χ0v) is 15.0. The molecule has 0 aliphatic carbocycles. The monoisotopic (exact) mass is 337 g/mol. The molecule has 0 aromatic carbocycles. The van der Waals surface area contributed by atoms with Gasteiger partial charge in [-0.3, -0.25) is 0 Å². The van der Waals surface area contributed by atoms with Crippen LogP contribution in [0, 0.1) is 5.92 Å². The van der Waals surface area contributed by atoms with E-state index in [2.05, 4.69) is 16.3 Å². The molecule has 0 unspecified atom stereocenters. The highest BCUT2D eigenvalue weighted by atomic mass is 32.1. The second kappa shape index (κ2) is 9.27. The van der Waals surface area contributed by atoms with Crippen LogP contribution in [-0.4, -0.2) is 38.4 Å². The van der Waals surface area contributed by atoms with Gasteiger partial charge in [0.05, 0.1) is 32.1 Å². The molecule has 0 N–H and O–H groups in total. The zero-order valence-electron chi connectivity index (χ0n) is 14.2. The number of esters is 1. The Morgan fingerprint density at radius 2 is 2.04 bits per heavy atom. The molecular formula is C17H23NO4S. The van der Waals surface area contributed by atoms with Gasteiger partial charge in [-0.2, -0.15) is 0 Å². The van der Waals surface area contributed by atoms with Crippen molar-refractivity contribution in [3.63, 3.8) is 0 Å². The molecule has 0 radical (unpaired) electrons. The van der Waals surface area contributed by atoms with Gasteiger partial charge in [0, 0.05) is 18.4 Å². The number of methoxy groups -OCH3 is 3. The van der Waals surface area contributed by atoms with Crippen LogP contribution in [0.2, 0.25) is 0 Å². The number of thiazole rings is 1. The third-order valence-electron chi connectivity index (χ3n) is 3.25. The summed E-state index contributed by atoms with van der Waals surface area (Å²) in [6, 6.07) is 0. The van der Waals surface area contributed by atoms with Crippen molar-refractivity contribution >= 4 is 29.0 Å². The second-order valence-corrected chi connectivity index (χ2v) is 5.84. The van der Waals surface area contributed by atoms with Gasteiger partial charge in [0.25, 0.3) is 0 Å². The summed E-state index contributed by atoms with van der Waals surface area (Å²) in [6.45, 7) is 7.72. The van der Waals surface area contributed by atoms with Crippen LogP contribution in [0.5, 0.6) is 0 Å². The average Bonchev–Trinajstić information content (AvgIpc) is 3.01. The molecule has 0 spiro atoms. The van der Waals surface area contributed by atoms with Crippen molar-refractivity contribution in [2.75, 3.05) is 21.3 Å². The molecule has 126 valence electrons. The fraction of sp³-hybridized carbons (Fsp3) is 0.412. The van der Waals surface area contributed by atoms with E-state index < -0.39 is 5.97 Å². The predicted octanol–water partition coefficient (Wildman–Crippen LogP) is 3.54. The van der Waals surface area contributed by atoms with Gasteiger partial charge in [-0.25, -0.2) is 9.78 Å². The first-order valence-electron chi connectivity index (χ1n) is 7.08. The molecule has 6 heteroatoms. The van der Waals surface area contributed by atoms with Crippen LogP contribution in [-0.2, 0) is 19.0 Å². The third-order valence-corrected chi connectivity index (χ3v) is 4.28. The molecule has 0 saturated heterocycles. The maximum atomic E-state index is 11.4. The van der Waals surface area contributed by atoms with Gasteiger partial charge in [-0.1, -0.05) is 19.6 Å². The lowest BCUT2D eigenvalue weighted by Crippen LogP contribution is -2.21. The Morgan fingerprint density at radius 3 is 2.52 bits per heavy atom. The molecule has 1 aromatic heterocycles. The highest BCUT2D eigenvalue weighted by molar-refractivity contribution is 7.10. The number of hydrogen-bond donors (Lipinski definition) is 0. The first kappa shape index (κ1) is 19.1. The lowest BCUT2D eigenvalue weighted by atomic mass is 10.0. The molecule has 0 aliphatic rings. The van der Waals surface area contributed by atoms with Gasteiger partial charge in [-0.05, 0) is 18.6 Å². The van der Waals surface area contributed by atoms with Crippen LogP contribution in [0.1, 0.15) is 24.5 Å². The Morgan fingerprint density at radius 1 is 1.35 bits per heavy atom. The fourth-order valence-corrected chi connectivity index (χ4v) is 2.64. The largest absolute Gasteiger partial charge is 0.500 e. The van der Waals surface area contributed by atoms with E-state index in [4.69, 9.17) is 9.47 Å². The van der Waals surface area contributed by atoms with Crippen molar-refractivity contribution in [3.8, 4) is 0 Å². The number of aromatic nitrogens is 1. The first-order chi connectivity index (χ1) is 10.9. The van der Waals surface area contributed by atoms with Crippen LogP contribution in [0.4, 0.5) is 0 Å². The molecule has 0 saturated carbocycles. The molecular weight excluding hydrogens is 314 g/mol. The van der Waals surface area contributed by atoms with Crippen molar-refractivity contribution in [3.05, 3.63) is 40.6 Å². The number of allylic oxidation sites excluding steroid dienone is 1. The van der Waals surface area contributed by atoms with Crippen LogP contribution < -0.4 is 0 Å². The Labute approximate surface area is 141 Å². The van der Waals surface area contributed by atoms with Crippen LogP contribution >= 0.6 is 11.3 Å². The number of hydrogen-bond acceptors (Lipinski definition) is 6. The van der Waals surface area contributed by atoms with Crippen molar-refractivity contribution < 1.29 is 19.0 Å². The maximum Gasteiger partial charge on any atom is 0.333 e. The number of carbonyl (C=O) groups excluding carboxylic acids is 1. The summed E-state index contributed by atoms with van der Waals surface area (Å²) in [7, 11) is 4.45. The summed E-state index contributed by atoms with van der Waals surface area (Å²) in [4.78, 5) is 15.8. The van der Waals surface area contributed by atoms with Gasteiger partial charge >= 0.3 is 5.97 Å². The standard InChI is InChI=1S/C17H23NO4S/c1-11(2)17-18-13(10-23-17)7-8-14(20-4)12(3)15(21-5)9-16(19)22-6/h7-10,12,14H,1H2,2-6H3/b8-7+,15-9+/t12-,14+/m1/s1. The predicted molar refractivity (Wildman–Crippen MR) is 92.9 cm³/mol. The van der Waals surface area contributed by atoms with Crippen LogP contribution in [0.25, 0.3) is 11.6 Å². The molecule has 0 aliphatic heterocycles. The second-order valence-electron chi connectivity index (χ2n) is 4.98. The minimum Gasteiger partial charge on any atom is -0.500 e. The number of rotatable bonds is 8. The van der Waals surface area contributed by atoms with Crippen LogP contribution in [0.15, 0.2) is 29.9 Å². The summed E-state index contributed by atoms with van der Waals surface area (Å²) in [5.41, 5.74) is 1.78. The van der Waals surface area contributed by atoms with Gasteiger partial charge in [0.2, 0.25) is 0 Å². The van der Waals surface area contributed by atoms with E-state index in [1.54, 1.807) is 18.4 Å². The summed E-state index contributed by atoms with van der Waals surface area (Å²) in [5, 5.41) is 2.87. The van der Waals surface area contributed by atoms with Gasteiger partial charge in [0.1, 0.15) is 10.8 Å². The summed E-state index contributed by atoms with van der Waals surface area (Å²) < 4.78 is 15.4. The lowest BCUT2D eigenvalue weighted by Gasteiger charge is -2.21. The summed E-state index contributed by atoms with van der Waals surface area (Å²) in [5.74, 6) is -0.119. The molecule has 23 heavy (non-hydrogen) atoms.